The van der Waals surface area contributed by atoms with Gasteiger partial charge >= 0.3 is 0 Å². The van der Waals surface area contributed by atoms with Gasteiger partial charge in [0.05, 0.1) is 0 Å². The van der Waals surface area contributed by atoms with Crippen molar-refractivity contribution in [2.45, 2.75) is 71.1 Å². The van der Waals surface area contributed by atoms with Crippen molar-refractivity contribution in [2.24, 2.45) is 0 Å². The fourth-order valence-electron chi connectivity index (χ4n) is 2.32. The lowest BCUT2D eigenvalue weighted by atomic mass is 10.0. The van der Waals surface area contributed by atoms with Crippen LogP contribution in [0.3, 0.4) is 0 Å². The fraction of sp³-hybridized carbons (Fsp3) is 0.647. The van der Waals surface area contributed by atoms with Crippen molar-refractivity contribution in [1.29, 1.82) is 0 Å². The Morgan fingerprint density at radius 3 is 1.78 bits per heavy atom. The molecule has 0 radical (unpaired) electrons. The summed E-state index contributed by atoms with van der Waals surface area (Å²) in [6.07, 6.45) is 13.8. The van der Waals surface area contributed by atoms with E-state index in [-0.39, 0.29) is 0 Å². The lowest BCUT2D eigenvalue weighted by Gasteiger charge is -2.03. The maximum atomic E-state index is 5.67. The van der Waals surface area contributed by atoms with Crippen LogP contribution in [0.25, 0.3) is 0 Å². The zero-order chi connectivity index (χ0) is 13.1. The monoisotopic (exact) mass is 247 g/mol. The van der Waals surface area contributed by atoms with E-state index in [0.717, 1.165) is 5.69 Å². The molecule has 102 valence electrons. The molecule has 0 saturated carbocycles. The predicted octanol–water partition coefficient (Wildman–Crippen LogP) is 5.34. The molecule has 0 fully saturated rings. The summed E-state index contributed by atoms with van der Waals surface area (Å²) in [6, 6.07) is 8.31. The first-order chi connectivity index (χ1) is 8.83. The first-order valence-electron chi connectivity index (χ1n) is 7.67. The van der Waals surface area contributed by atoms with Crippen molar-refractivity contribution in [2.75, 3.05) is 5.73 Å². The number of benzene rings is 1. The zero-order valence-electron chi connectivity index (χ0n) is 12.0. The third-order valence-electron chi connectivity index (χ3n) is 3.55. The average molecular weight is 247 g/mol. The summed E-state index contributed by atoms with van der Waals surface area (Å²) in [7, 11) is 0. The minimum atomic E-state index is 0.867. The number of nitrogen functional groups attached to an aromatic ring is 1. The highest BCUT2D eigenvalue weighted by molar-refractivity contribution is 5.39. The molecule has 0 aliphatic carbocycles. The molecule has 0 aromatic heterocycles. The molecule has 1 nitrogen and oxygen atoms in total. The van der Waals surface area contributed by atoms with Crippen LogP contribution in [0.1, 0.15) is 70.3 Å². The van der Waals surface area contributed by atoms with Crippen molar-refractivity contribution >= 4 is 5.69 Å². The molecule has 0 heterocycles. The molecular weight excluding hydrogens is 218 g/mol. The Balaban J connectivity index is 1.91. The van der Waals surface area contributed by atoms with Crippen LogP contribution in [0.5, 0.6) is 0 Å². The lowest BCUT2D eigenvalue weighted by molar-refractivity contribution is 0.565. The summed E-state index contributed by atoms with van der Waals surface area (Å²) < 4.78 is 0. The van der Waals surface area contributed by atoms with Gasteiger partial charge in [0.1, 0.15) is 0 Å². The quantitative estimate of drug-likeness (QED) is 0.438. The summed E-state index contributed by atoms with van der Waals surface area (Å²) >= 11 is 0. The molecule has 0 aliphatic heterocycles. The SMILES string of the molecule is CCCCCCCCCCCc1ccc(N)cc1. The molecule has 18 heavy (non-hydrogen) atoms. The van der Waals surface area contributed by atoms with Gasteiger partial charge in [-0.1, -0.05) is 70.4 Å². The van der Waals surface area contributed by atoms with Gasteiger partial charge in [-0.3, -0.25) is 0 Å². The predicted molar refractivity (Wildman–Crippen MR) is 81.8 cm³/mol. The highest BCUT2D eigenvalue weighted by Crippen LogP contribution is 2.12. The second-order valence-corrected chi connectivity index (χ2v) is 5.32. The van der Waals surface area contributed by atoms with Crippen LogP contribution in [-0.2, 0) is 6.42 Å². The van der Waals surface area contributed by atoms with Crippen molar-refractivity contribution in [3.63, 3.8) is 0 Å². The highest BCUT2D eigenvalue weighted by atomic mass is 14.5. The molecule has 1 aromatic carbocycles. The average Bonchev–Trinajstić information content (AvgIpc) is 2.39. The molecule has 0 saturated heterocycles. The second kappa shape index (κ2) is 9.99. The number of hydrogen-bond acceptors (Lipinski definition) is 1. The first-order valence-corrected chi connectivity index (χ1v) is 7.67. The maximum absolute atomic E-state index is 5.67. The van der Waals surface area contributed by atoms with Gasteiger partial charge in [0, 0.05) is 5.69 Å². The largest absolute Gasteiger partial charge is 0.399 e. The molecule has 2 N–H and O–H groups in total. The Hall–Kier alpha value is -0.980. The lowest BCUT2D eigenvalue weighted by Crippen LogP contribution is -1.88. The smallest absolute Gasteiger partial charge is 0.0314 e. The van der Waals surface area contributed by atoms with E-state index < -0.39 is 0 Å². The standard InChI is InChI=1S/C17H29N/c1-2-3-4-5-6-7-8-9-10-11-16-12-14-17(18)15-13-16/h12-15H,2-11,18H2,1H3. The number of aryl methyl sites for hydroxylation is 1. The third-order valence-corrected chi connectivity index (χ3v) is 3.55. The maximum Gasteiger partial charge on any atom is 0.0314 e. The summed E-state index contributed by atoms with van der Waals surface area (Å²) in [6.45, 7) is 2.27. The Morgan fingerprint density at radius 2 is 1.22 bits per heavy atom. The van der Waals surface area contributed by atoms with Gasteiger partial charge in [0.2, 0.25) is 0 Å². The number of anilines is 1. The molecular formula is C17H29N. The van der Waals surface area contributed by atoms with Gasteiger partial charge in [-0.05, 0) is 30.5 Å². The van der Waals surface area contributed by atoms with Crippen LogP contribution in [0, 0.1) is 0 Å². The van der Waals surface area contributed by atoms with Gasteiger partial charge in [-0.2, -0.15) is 0 Å². The molecule has 1 rings (SSSR count). The van der Waals surface area contributed by atoms with E-state index in [1.165, 1.54) is 69.8 Å². The van der Waals surface area contributed by atoms with Crippen LogP contribution in [0.15, 0.2) is 24.3 Å². The van der Waals surface area contributed by atoms with Gasteiger partial charge in [0.15, 0.2) is 0 Å². The molecule has 0 atom stereocenters. The van der Waals surface area contributed by atoms with Crippen molar-refractivity contribution in [3.05, 3.63) is 29.8 Å². The second-order valence-electron chi connectivity index (χ2n) is 5.32. The van der Waals surface area contributed by atoms with E-state index in [0.29, 0.717) is 0 Å². The van der Waals surface area contributed by atoms with Crippen LogP contribution in [0.2, 0.25) is 0 Å². The summed E-state index contributed by atoms with van der Waals surface area (Å²) in [5, 5.41) is 0. The van der Waals surface area contributed by atoms with Gasteiger partial charge in [-0.25, -0.2) is 0 Å². The minimum absolute atomic E-state index is 0.867. The van der Waals surface area contributed by atoms with Gasteiger partial charge in [0.25, 0.3) is 0 Å². The molecule has 0 bridgehead atoms. The topological polar surface area (TPSA) is 26.0 Å². The normalized spacial score (nSPS) is 10.7. The third kappa shape index (κ3) is 7.37. The van der Waals surface area contributed by atoms with E-state index in [2.05, 4.69) is 19.1 Å². The van der Waals surface area contributed by atoms with E-state index in [4.69, 9.17) is 5.73 Å². The van der Waals surface area contributed by atoms with Gasteiger partial charge < -0.3 is 5.73 Å². The van der Waals surface area contributed by atoms with Gasteiger partial charge in [-0.15, -0.1) is 0 Å². The minimum Gasteiger partial charge on any atom is -0.399 e. The van der Waals surface area contributed by atoms with E-state index in [9.17, 15) is 0 Å². The molecule has 0 spiro atoms. The van der Waals surface area contributed by atoms with Crippen molar-refractivity contribution in [1.82, 2.24) is 0 Å². The number of hydrogen-bond donors (Lipinski definition) is 1. The Bertz CT molecular complexity index is 289. The molecule has 0 amide bonds. The van der Waals surface area contributed by atoms with Crippen molar-refractivity contribution in [3.8, 4) is 0 Å². The van der Waals surface area contributed by atoms with E-state index in [1.54, 1.807) is 0 Å². The Labute approximate surface area is 113 Å². The number of unbranched alkanes of at least 4 members (excludes halogenated alkanes) is 8. The van der Waals surface area contributed by atoms with Crippen molar-refractivity contribution < 1.29 is 0 Å². The summed E-state index contributed by atoms with van der Waals surface area (Å²) in [4.78, 5) is 0. The van der Waals surface area contributed by atoms with Crippen LogP contribution in [0.4, 0.5) is 5.69 Å². The van der Waals surface area contributed by atoms with Crippen LogP contribution >= 0.6 is 0 Å². The molecule has 1 heteroatoms. The number of rotatable bonds is 10. The van der Waals surface area contributed by atoms with Crippen LogP contribution in [-0.4, -0.2) is 0 Å². The first kappa shape index (κ1) is 15.1. The Morgan fingerprint density at radius 1 is 0.722 bits per heavy atom. The highest BCUT2D eigenvalue weighted by Gasteiger charge is 1.94. The van der Waals surface area contributed by atoms with E-state index >= 15 is 0 Å². The number of nitrogens with two attached hydrogens (primary N) is 1. The summed E-state index contributed by atoms with van der Waals surface area (Å²) in [5.41, 5.74) is 7.96. The Kier molecular flexibility index (Phi) is 8.37. The summed E-state index contributed by atoms with van der Waals surface area (Å²) in [5.74, 6) is 0. The van der Waals surface area contributed by atoms with E-state index in [1.807, 2.05) is 12.1 Å². The van der Waals surface area contributed by atoms with Crippen LogP contribution < -0.4 is 5.73 Å². The fourth-order valence-corrected chi connectivity index (χ4v) is 2.32. The molecule has 1 aromatic rings. The molecule has 0 unspecified atom stereocenters. The molecule has 0 aliphatic rings. The zero-order valence-corrected chi connectivity index (χ0v) is 12.0.